The first-order valence-corrected chi connectivity index (χ1v) is 9.95. The molecule has 7 nitrogen and oxygen atoms in total. The Morgan fingerprint density at radius 3 is 2.43 bits per heavy atom. The average molecular weight is 516 g/mol. The van der Waals surface area contributed by atoms with Gasteiger partial charge in [-0.25, -0.2) is 9.59 Å². The zero-order valence-corrected chi connectivity index (χ0v) is 18.2. The number of aromatic hydroxyl groups is 1. The number of carboxylic acids is 1. The van der Waals surface area contributed by atoms with Crippen molar-refractivity contribution in [2.24, 2.45) is 0 Å². The summed E-state index contributed by atoms with van der Waals surface area (Å²) < 4.78 is 6.02. The van der Waals surface area contributed by atoms with E-state index in [1.807, 2.05) is 24.3 Å². The monoisotopic (exact) mass is 514 g/mol. The number of amides is 2. The molecular formula is C19H20Br2N2O5. The predicted molar refractivity (Wildman–Crippen MR) is 112 cm³/mol. The highest BCUT2D eigenvalue weighted by molar-refractivity contribution is 9.11. The molecule has 150 valence electrons. The van der Waals surface area contributed by atoms with Crippen LogP contribution >= 0.6 is 31.9 Å². The van der Waals surface area contributed by atoms with Crippen LogP contribution < -0.4 is 15.4 Å². The Hall–Kier alpha value is -2.26. The summed E-state index contributed by atoms with van der Waals surface area (Å²) in [7, 11) is 1.59. The number of ether oxygens (including phenoxy) is 1. The number of benzene rings is 2. The summed E-state index contributed by atoms with van der Waals surface area (Å²) in [4.78, 5) is 23.6. The van der Waals surface area contributed by atoms with Crippen LogP contribution in [0, 0.1) is 0 Å². The van der Waals surface area contributed by atoms with Crippen LogP contribution in [-0.4, -0.2) is 41.9 Å². The molecule has 0 bridgehead atoms. The van der Waals surface area contributed by atoms with Crippen molar-refractivity contribution in [2.75, 3.05) is 13.7 Å². The number of phenols is 1. The quantitative estimate of drug-likeness (QED) is 0.430. The van der Waals surface area contributed by atoms with E-state index in [1.54, 1.807) is 19.2 Å². The lowest BCUT2D eigenvalue weighted by atomic mass is 10.1. The predicted octanol–water partition coefficient (Wildman–Crippen LogP) is 3.46. The van der Waals surface area contributed by atoms with Crippen LogP contribution in [-0.2, 0) is 17.6 Å². The number of hydrogen-bond acceptors (Lipinski definition) is 4. The smallest absolute Gasteiger partial charge is 0.326 e. The summed E-state index contributed by atoms with van der Waals surface area (Å²) in [5.41, 5.74) is 1.63. The van der Waals surface area contributed by atoms with Crippen LogP contribution in [0.15, 0.2) is 45.3 Å². The summed E-state index contributed by atoms with van der Waals surface area (Å²) in [6.07, 6.45) is 0.649. The average Bonchev–Trinajstić information content (AvgIpc) is 2.65. The van der Waals surface area contributed by atoms with Gasteiger partial charge in [-0.15, -0.1) is 0 Å². The fourth-order valence-corrected chi connectivity index (χ4v) is 3.81. The molecule has 0 saturated carbocycles. The highest BCUT2D eigenvalue weighted by Crippen LogP contribution is 2.33. The zero-order chi connectivity index (χ0) is 20.7. The SMILES string of the molecule is COc1cccc(CCNC(=O)N[C@@H](Cc2cc(Br)c(O)c(Br)c2)C(=O)O)c1. The molecule has 0 aliphatic carbocycles. The molecule has 0 aliphatic rings. The Labute approximate surface area is 179 Å². The Kier molecular flexibility index (Phi) is 8.13. The number of rotatable bonds is 8. The van der Waals surface area contributed by atoms with E-state index in [-0.39, 0.29) is 12.2 Å². The van der Waals surface area contributed by atoms with Crippen molar-refractivity contribution in [3.63, 3.8) is 0 Å². The van der Waals surface area contributed by atoms with Gasteiger partial charge >= 0.3 is 12.0 Å². The highest BCUT2D eigenvalue weighted by atomic mass is 79.9. The summed E-state index contributed by atoms with van der Waals surface area (Å²) >= 11 is 6.41. The third kappa shape index (κ3) is 6.42. The molecule has 0 saturated heterocycles. The van der Waals surface area contributed by atoms with Gasteiger partial charge in [0.15, 0.2) is 0 Å². The Bertz CT molecular complexity index is 837. The van der Waals surface area contributed by atoms with Crippen LogP contribution in [0.5, 0.6) is 11.5 Å². The number of halogens is 2. The summed E-state index contributed by atoms with van der Waals surface area (Å²) in [5, 5.41) is 24.3. The normalized spacial score (nSPS) is 11.5. The molecule has 28 heavy (non-hydrogen) atoms. The minimum atomic E-state index is -1.15. The molecule has 2 aromatic rings. The third-order valence-electron chi connectivity index (χ3n) is 3.95. The van der Waals surface area contributed by atoms with Gasteiger partial charge in [0, 0.05) is 13.0 Å². The van der Waals surface area contributed by atoms with Gasteiger partial charge in [0.2, 0.25) is 0 Å². The van der Waals surface area contributed by atoms with E-state index < -0.39 is 18.0 Å². The molecule has 2 rings (SSSR count). The molecule has 0 aliphatic heterocycles. The van der Waals surface area contributed by atoms with E-state index in [2.05, 4.69) is 42.5 Å². The fourth-order valence-electron chi connectivity index (χ4n) is 2.53. The molecule has 2 aromatic carbocycles. The van der Waals surface area contributed by atoms with Crippen molar-refractivity contribution in [3.8, 4) is 11.5 Å². The lowest BCUT2D eigenvalue weighted by Gasteiger charge is -2.16. The van der Waals surface area contributed by atoms with E-state index in [4.69, 9.17) is 4.74 Å². The van der Waals surface area contributed by atoms with Crippen molar-refractivity contribution in [1.82, 2.24) is 10.6 Å². The number of nitrogens with one attached hydrogen (secondary N) is 2. The van der Waals surface area contributed by atoms with Crippen LogP contribution in [0.1, 0.15) is 11.1 Å². The fraction of sp³-hybridized carbons (Fsp3) is 0.263. The van der Waals surface area contributed by atoms with Crippen LogP contribution in [0.2, 0.25) is 0 Å². The molecule has 9 heteroatoms. The van der Waals surface area contributed by atoms with Crippen molar-refractivity contribution in [3.05, 3.63) is 56.5 Å². The highest BCUT2D eigenvalue weighted by Gasteiger charge is 2.21. The number of urea groups is 1. The summed E-state index contributed by atoms with van der Waals surface area (Å²) in [6.45, 7) is 0.349. The first-order chi connectivity index (χ1) is 13.3. The van der Waals surface area contributed by atoms with E-state index in [0.29, 0.717) is 27.5 Å². The van der Waals surface area contributed by atoms with E-state index in [9.17, 15) is 19.8 Å². The van der Waals surface area contributed by atoms with Crippen LogP contribution in [0.25, 0.3) is 0 Å². The molecule has 0 spiro atoms. The number of methoxy groups -OCH3 is 1. The maximum absolute atomic E-state index is 12.1. The second kappa shape index (κ2) is 10.3. The first-order valence-electron chi connectivity index (χ1n) is 8.37. The van der Waals surface area contributed by atoms with E-state index in [1.165, 1.54) is 0 Å². The number of carbonyl (C=O) groups is 2. The third-order valence-corrected chi connectivity index (χ3v) is 5.16. The molecule has 4 N–H and O–H groups in total. The number of phenolic OH excluding ortho intramolecular Hbond substituents is 1. The molecule has 2 amide bonds. The lowest BCUT2D eigenvalue weighted by molar-refractivity contribution is -0.139. The van der Waals surface area contributed by atoms with Crippen molar-refractivity contribution in [1.29, 1.82) is 0 Å². The topological polar surface area (TPSA) is 108 Å². The second-order valence-corrected chi connectivity index (χ2v) is 7.71. The molecule has 0 heterocycles. The largest absolute Gasteiger partial charge is 0.506 e. The number of aliphatic carboxylic acids is 1. The molecular weight excluding hydrogens is 496 g/mol. The molecule has 0 unspecified atom stereocenters. The van der Waals surface area contributed by atoms with Crippen molar-refractivity contribution < 1.29 is 24.5 Å². The van der Waals surface area contributed by atoms with Crippen molar-refractivity contribution >= 4 is 43.9 Å². The van der Waals surface area contributed by atoms with E-state index in [0.717, 1.165) is 11.3 Å². The lowest BCUT2D eigenvalue weighted by Crippen LogP contribution is -2.47. The Balaban J connectivity index is 1.90. The van der Waals surface area contributed by atoms with Gasteiger partial charge in [-0.2, -0.15) is 0 Å². The van der Waals surface area contributed by atoms with Gasteiger partial charge in [-0.05, 0) is 73.7 Å². The van der Waals surface area contributed by atoms with Crippen LogP contribution in [0.4, 0.5) is 4.79 Å². The minimum absolute atomic E-state index is 0.0267. The van der Waals surface area contributed by atoms with Gasteiger partial charge in [0.25, 0.3) is 0 Å². The van der Waals surface area contributed by atoms with Gasteiger partial charge < -0.3 is 25.6 Å². The standard InChI is InChI=1S/C19H20Br2N2O5/c1-28-13-4-2-3-11(7-13)5-6-22-19(27)23-16(18(25)26)10-12-8-14(20)17(24)15(21)9-12/h2-4,7-9,16,24H,5-6,10H2,1H3,(H,25,26)(H2,22,23,27)/t16-/m0/s1. The van der Waals surface area contributed by atoms with Gasteiger partial charge in [-0.1, -0.05) is 12.1 Å². The molecule has 1 atom stereocenters. The van der Waals surface area contributed by atoms with Gasteiger partial charge in [0.05, 0.1) is 16.1 Å². The van der Waals surface area contributed by atoms with Gasteiger partial charge in [-0.3, -0.25) is 0 Å². The van der Waals surface area contributed by atoms with Crippen molar-refractivity contribution in [2.45, 2.75) is 18.9 Å². The molecule has 0 radical (unpaired) electrons. The Morgan fingerprint density at radius 1 is 1.14 bits per heavy atom. The number of hydrogen-bond donors (Lipinski definition) is 4. The molecule has 0 aromatic heterocycles. The minimum Gasteiger partial charge on any atom is -0.506 e. The first kappa shape index (κ1) is 22.0. The van der Waals surface area contributed by atoms with Gasteiger partial charge in [0.1, 0.15) is 17.5 Å². The summed E-state index contributed by atoms with van der Waals surface area (Å²) in [6, 6.07) is 9.04. The zero-order valence-electron chi connectivity index (χ0n) is 15.0. The molecule has 0 fully saturated rings. The van der Waals surface area contributed by atoms with E-state index >= 15 is 0 Å². The number of carbonyl (C=O) groups excluding carboxylic acids is 1. The Morgan fingerprint density at radius 2 is 1.82 bits per heavy atom. The van der Waals surface area contributed by atoms with Crippen LogP contribution in [0.3, 0.4) is 0 Å². The maximum Gasteiger partial charge on any atom is 0.326 e. The number of carboxylic acid groups (broad SMARTS) is 1. The maximum atomic E-state index is 12.1. The second-order valence-electron chi connectivity index (χ2n) is 6.00. The summed E-state index contributed by atoms with van der Waals surface area (Å²) in [5.74, 6) is -0.388.